The number of nitriles is 1. The van der Waals surface area contributed by atoms with Crippen molar-refractivity contribution in [3.63, 3.8) is 0 Å². The highest BCUT2D eigenvalue weighted by Crippen LogP contribution is 2.09. The highest BCUT2D eigenvalue weighted by atomic mass is 16.4. The Labute approximate surface area is 83.6 Å². The van der Waals surface area contributed by atoms with Gasteiger partial charge >= 0.3 is 11.4 Å². The number of benzene rings is 1. The minimum atomic E-state index is -0.777. The molecular weight excluding hydrogens is 196 g/mol. The maximum atomic E-state index is 11.3. The van der Waals surface area contributed by atoms with Gasteiger partial charge in [-0.2, -0.15) is 5.26 Å². The summed E-state index contributed by atoms with van der Waals surface area (Å²) in [5, 5.41) is 8.78. The Balaban J connectivity index is 2.78. The average Bonchev–Trinajstić information content (AvgIpc) is 2.19. The maximum absolute atomic E-state index is 11.3. The SMILES string of the molecule is N#CCc1ccc2[nH]c(=O)oc(=O)c2c1. The number of nitrogens with zero attached hydrogens (tertiary/aromatic N) is 1. The number of nitrogens with one attached hydrogen (secondary N) is 1. The predicted octanol–water partition coefficient (Wildman–Crippen LogP) is 0.547. The second-order valence-electron chi connectivity index (χ2n) is 3.02. The van der Waals surface area contributed by atoms with Gasteiger partial charge < -0.3 is 4.42 Å². The molecule has 0 saturated heterocycles. The maximum Gasteiger partial charge on any atom is 0.419 e. The van der Waals surface area contributed by atoms with Crippen molar-refractivity contribution in [2.75, 3.05) is 0 Å². The summed E-state index contributed by atoms with van der Waals surface area (Å²) in [6.45, 7) is 0. The molecule has 5 heteroatoms. The summed E-state index contributed by atoms with van der Waals surface area (Å²) in [6, 6.07) is 6.78. The van der Waals surface area contributed by atoms with Crippen LogP contribution >= 0.6 is 0 Å². The van der Waals surface area contributed by atoms with E-state index in [0.29, 0.717) is 11.1 Å². The molecule has 1 N–H and O–H groups in total. The molecule has 0 amide bonds. The average molecular weight is 202 g/mol. The third kappa shape index (κ3) is 1.65. The van der Waals surface area contributed by atoms with E-state index in [-0.39, 0.29) is 11.8 Å². The summed E-state index contributed by atoms with van der Waals surface area (Å²) >= 11 is 0. The molecule has 0 radical (unpaired) electrons. The fourth-order valence-corrected chi connectivity index (χ4v) is 1.35. The number of rotatable bonds is 1. The van der Waals surface area contributed by atoms with Crippen LogP contribution in [0.4, 0.5) is 0 Å². The fraction of sp³-hybridized carbons (Fsp3) is 0.100. The van der Waals surface area contributed by atoms with Crippen LogP contribution in [0.15, 0.2) is 32.2 Å². The first-order valence-corrected chi connectivity index (χ1v) is 4.24. The minimum absolute atomic E-state index is 0.217. The standard InChI is InChI=1S/C10H6N2O3/c11-4-3-6-1-2-8-7(5-6)9(13)15-10(14)12-8/h1-2,5H,3H2,(H,12,14). The Bertz CT molecular complexity index is 661. The van der Waals surface area contributed by atoms with E-state index < -0.39 is 11.4 Å². The highest BCUT2D eigenvalue weighted by Gasteiger charge is 2.03. The third-order valence-electron chi connectivity index (χ3n) is 2.01. The molecular formula is C10H6N2O3. The van der Waals surface area contributed by atoms with Crippen LogP contribution in [-0.4, -0.2) is 4.98 Å². The van der Waals surface area contributed by atoms with Crippen LogP contribution in [0.1, 0.15) is 5.56 Å². The van der Waals surface area contributed by atoms with E-state index >= 15 is 0 Å². The molecule has 1 heterocycles. The van der Waals surface area contributed by atoms with Crippen molar-refractivity contribution in [1.82, 2.24) is 4.98 Å². The van der Waals surface area contributed by atoms with Crippen LogP contribution in [0, 0.1) is 11.3 Å². The fourth-order valence-electron chi connectivity index (χ4n) is 1.35. The normalized spacial score (nSPS) is 10.1. The lowest BCUT2D eigenvalue weighted by Crippen LogP contribution is -2.14. The molecule has 0 aliphatic rings. The Hall–Kier alpha value is -2.35. The van der Waals surface area contributed by atoms with Gasteiger partial charge in [0.1, 0.15) is 0 Å². The van der Waals surface area contributed by atoms with Crippen molar-refractivity contribution in [2.24, 2.45) is 0 Å². The van der Waals surface area contributed by atoms with Crippen LogP contribution in [0.25, 0.3) is 10.9 Å². The van der Waals surface area contributed by atoms with Gasteiger partial charge in [0, 0.05) is 0 Å². The van der Waals surface area contributed by atoms with Gasteiger partial charge in [-0.25, -0.2) is 9.59 Å². The van der Waals surface area contributed by atoms with Gasteiger partial charge in [-0.1, -0.05) is 6.07 Å². The van der Waals surface area contributed by atoms with Crippen molar-refractivity contribution in [3.05, 3.63) is 44.7 Å². The molecule has 0 atom stereocenters. The van der Waals surface area contributed by atoms with Gasteiger partial charge in [0.15, 0.2) is 0 Å². The number of fused-ring (bicyclic) bond motifs is 1. The van der Waals surface area contributed by atoms with Crippen LogP contribution < -0.4 is 11.4 Å². The second-order valence-corrected chi connectivity index (χ2v) is 3.02. The van der Waals surface area contributed by atoms with Gasteiger partial charge in [0.05, 0.1) is 23.4 Å². The van der Waals surface area contributed by atoms with Gasteiger partial charge in [0.25, 0.3) is 0 Å². The van der Waals surface area contributed by atoms with E-state index in [1.54, 1.807) is 18.2 Å². The molecule has 2 rings (SSSR count). The van der Waals surface area contributed by atoms with Gasteiger partial charge in [-0.3, -0.25) is 4.98 Å². The molecule has 0 spiro atoms. The van der Waals surface area contributed by atoms with Crippen molar-refractivity contribution in [1.29, 1.82) is 5.26 Å². The molecule has 74 valence electrons. The quantitative estimate of drug-likeness (QED) is 0.731. The zero-order valence-corrected chi connectivity index (χ0v) is 7.61. The molecule has 0 saturated carbocycles. The van der Waals surface area contributed by atoms with Crippen LogP contribution in [0.5, 0.6) is 0 Å². The minimum Gasteiger partial charge on any atom is -0.372 e. The van der Waals surface area contributed by atoms with E-state index in [1.165, 1.54) is 0 Å². The van der Waals surface area contributed by atoms with E-state index in [9.17, 15) is 9.59 Å². The number of aromatic nitrogens is 1. The van der Waals surface area contributed by atoms with E-state index in [4.69, 9.17) is 5.26 Å². The van der Waals surface area contributed by atoms with E-state index in [1.807, 2.05) is 6.07 Å². The first-order chi connectivity index (χ1) is 7.20. The van der Waals surface area contributed by atoms with Crippen LogP contribution in [0.3, 0.4) is 0 Å². The molecule has 0 unspecified atom stereocenters. The molecule has 0 bridgehead atoms. The number of hydrogen-bond acceptors (Lipinski definition) is 4. The second kappa shape index (κ2) is 3.42. The zero-order chi connectivity index (χ0) is 10.8. The summed E-state index contributed by atoms with van der Waals surface area (Å²) in [7, 11) is 0. The van der Waals surface area contributed by atoms with Crippen LogP contribution in [0.2, 0.25) is 0 Å². The number of hydrogen-bond donors (Lipinski definition) is 1. The monoisotopic (exact) mass is 202 g/mol. The molecule has 0 fully saturated rings. The van der Waals surface area contributed by atoms with E-state index in [0.717, 1.165) is 0 Å². The Kier molecular flexibility index (Phi) is 2.10. The predicted molar refractivity (Wildman–Crippen MR) is 52.4 cm³/mol. The first kappa shape index (κ1) is 9.21. The third-order valence-corrected chi connectivity index (χ3v) is 2.01. The highest BCUT2D eigenvalue weighted by molar-refractivity contribution is 5.77. The summed E-state index contributed by atoms with van der Waals surface area (Å²) in [5.74, 6) is -0.777. The smallest absolute Gasteiger partial charge is 0.372 e. The van der Waals surface area contributed by atoms with Crippen LogP contribution in [-0.2, 0) is 6.42 Å². The first-order valence-electron chi connectivity index (χ1n) is 4.24. The van der Waals surface area contributed by atoms with E-state index in [2.05, 4.69) is 9.40 Å². The molecule has 2 aromatic rings. The molecule has 15 heavy (non-hydrogen) atoms. The lowest BCUT2D eigenvalue weighted by molar-refractivity contribution is 0.460. The van der Waals surface area contributed by atoms with Crippen molar-refractivity contribution in [3.8, 4) is 6.07 Å². The number of H-pyrrole nitrogens is 1. The largest absolute Gasteiger partial charge is 0.419 e. The van der Waals surface area contributed by atoms with Crippen molar-refractivity contribution >= 4 is 10.9 Å². The van der Waals surface area contributed by atoms with Gasteiger partial charge in [-0.05, 0) is 17.7 Å². The Morgan fingerprint density at radius 2 is 2.20 bits per heavy atom. The molecule has 5 nitrogen and oxygen atoms in total. The number of aromatic amines is 1. The molecule has 1 aromatic heterocycles. The van der Waals surface area contributed by atoms with Crippen molar-refractivity contribution in [2.45, 2.75) is 6.42 Å². The zero-order valence-electron chi connectivity index (χ0n) is 7.61. The molecule has 0 aliphatic heterocycles. The Morgan fingerprint density at radius 3 is 2.93 bits per heavy atom. The van der Waals surface area contributed by atoms with Gasteiger partial charge in [-0.15, -0.1) is 0 Å². The Morgan fingerprint density at radius 1 is 1.40 bits per heavy atom. The molecule has 0 aliphatic carbocycles. The van der Waals surface area contributed by atoms with Crippen molar-refractivity contribution < 1.29 is 4.42 Å². The summed E-state index contributed by atoms with van der Waals surface area (Å²) < 4.78 is 4.37. The van der Waals surface area contributed by atoms with Gasteiger partial charge in [0.2, 0.25) is 0 Å². The topological polar surface area (TPSA) is 86.9 Å². The summed E-state index contributed by atoms with van der Waals surface area (Å²) in [5.41, 5.74) is 0.441. The summed E-state index contributed by atoms with van der Waals surface area (Å²) in [6.07, 6.45) is 0.217. The summed E-state index contributed by atoms with van der Waals surface area (Å²) in [4.78, 5) is 24.5. The molecule has 1 aromatic carbocycles. The lowest BCUT2D eigenvalue weighted by atomic mass is 10.1. The lowest BCUT2D eigenvalue weighted by Gasteiger charge is -1.97.